The van der Waals surface area contributed by atoms with E-state index in [1.165, 1.54) is 17.5 Å². The molecule has 2 N–H and O–H groups in total. The summed E-state index contributed by atoms with van der Waals surface area (Å²) in [6.45, 7) is 1.37. The molecule has 1 aromatic rings. The molecule has 26 heavy (non-hydrogen) atoms. The van der Waals surface area contributed by atoms with Crippen LogP contribution in [0.4, 0.5) is 5.69 Å². The number of amides is 2. The molecule has 2 heterocycles. The normalized spacial score (nSPS) is 24.6. The number of hydrogen-bond donors (Lipinski definition) is 2. The maximum absolute atomic E-state index is 12.7. The Balaban J connectivity index is 1.44. The summed E-state index contributed by atoms with van der Waals surface area (Å²) < 4.78 is 5.34. The van der Waals surface area contributed by atoms with E-state index < -0.39 is 5.54 Å². The van der Waals surface area contributed by atoms with Gasteiger partial charge in [-0.2, -0.15) is 0 Å². The molecule has 2 amide bonds. The topological polar surface area (TPSA) is 78.9 Å². The second kappa shape index (κ2) is 7.00. The van der Waals surface area contributed by atoms with Crippen molar-refractivity contribution in [3.63, 3.8) is 0 Å². The van der Waals surface area contributed by atoms with Crippen molar-refractivity contribution in [2.45, 2.75) is 44.1 Å². The molecule has 6 nitrogen and oxygen atoms in total. The number of nitrogens with zero attached hydrogens (tertiary/aromatic N) is 1. The van der Waals surface area contributed by atoms with E-state index >= 15 is 0 Å². The molecular formula is C20H26N2O4. The monoisotopic (exact) mass is 358 g/mol. The third-order valence-electron chi connectivity index (χ3n) is 6.03. The van der Waals surface area contributed by atoms with E-state index in [-0.39, 0.29) is 30.8 Å². The van der Waals surface area contributed by atoms with Gasteiger partial charge in [-0.15, -0.1) is 0 Å². The number of fused-ring (bicyclic) bond motifs is 1. The second-order valence-electron chi connectivity index (χ2n) is 7.75. The first-order valence-electron chi connectivity index (χ1n) is 9.53. The zero-order valence-electron chi connectivity index (χ0n) is 15.0. The lowest BCUT2D eigenvalue weighted by Gasteiger charge is -2.37. The van der Waals surface area contributed by atoms with Crippen LogP contribution in [0.3, 0.4) is 0 Å². The summed E-state index contributed by atoms with van der Waals surface area (Å²) in [5, 5.41) is 12.8. The average Bonchev–Trinajstić information content (AvgIpc) is 3.28. The molecule has 2 saturated heterocycles. The van der Waals surface area contributed by atoms with Crippen LogP contribution in [0.5, 0.6) is 0 Å². The molecule has 2 aliphatic heterocycles. The summed E-state index contributed by atoms with van der Waals surface area (Å²) in [4.78, 5) is 27.0. The van der Waals surface area contributed by atoms with Crippen molar-refractivity contribution in [3.8, 4) is 0 Å². The smallest absolute Gasteiger partial charge is 0.227 e. The van der Waals surface area contributed by atoms with Gasteiger partial charge in [0.25, 0.3) is 0 Å². The van der Waals surface area contributed by atoms with Crippen molar-refractivity contribution >= 4 is 17.5 Å². The number of rotatable bonds is 4. The molecule has 1 aromatic carbocycles. The predicted octanol–water partition coefficient (Wildman–Crippen LogP) is 1.19. The van der Waals surface area contributed by atoms with E-state index in [2.05, 4.69) is 17.4 Å². The lowest BCUT2D eigenvalue weighted by atomic mass is 9.90. The van der Waals surface area contributed by atoms with Crippen molar-refractivity contribution in [2.24, 2.45) is 5.92 Å². The Labute approximate surface area is 153 Å². The molecule has 1 atom stereocenters. The number of carbonyl (C=O) groups is 2. The lowest BCUT2D eigenvalue weighted by molar-refractivity contribution is -0.130. The Kier molecular flexibility index (Phi) is 4.71. The fourth-order valence-corrected chi connectivity index (χ4v) is 4.31. The molecule has 0 aromatic heterocycles. The fraction of sp³-hybridized carbons (Fsp3) is 0.600. The first kappa shape index (κ1) is 17.5. The largest absolute Gasteiger partial charge is 0.394 e. The summed E-state index contributed by atoms with van der Waals surface area (Å²) in [6.07, 6.45) is 4.78. The van der Waals surface area contributed by atoms with Gasteiger partial charge in [-0.05, 0) is 55.4 Å². The first-order valence-corrected chi connectivity index (χ1v) is 9.53. The van der Waals surface area contributed by atoms with E-state index in [1.807, 2.05) is 6.07 Å². The number of benzene rings is 1. The first-order chi connectivity index (χ1) is 12.6. The Hall–Kier alpha value is -1.92. The van der Waals surface area contributed by atoms with Gasteiger partial charge < -0.3 is 20.1 Å². The van der Waals surface area contributed by atoms with Crippen LogP contribution >= 0.6 is 0 Å². The summed E-state index contributed by atoms with van der Waals surface area (Å²) in [6, 6.07) is 6.21. The van der Waals surface area contributed by atoms with Crippen molar-refractivity contribution in [2.75, 3.05) is 31.3 Å². The van der Waals surface area contributed by atoms with Gasteiger partial charge in [0.05, 0.1) is 18.1 Å². The number of anilines is 1. The molecule has 140 valence electrons. The quantitative estimate of drug-likeness (QED) is 0.847. The summed E-state index contributed by atoms with van der Waals surface area (Å²) in [7, 11) is 0. The van der Waals surface area contributed by atoms with Crippen LogP contribution in [-0.4, -0.2) is 48.8 Å². The van der Waals surface area contributed by atoms with Crippen molar-refractivity contribution in [1.82, 2.24) is 5.32 Å². The Morgan fingerprint density at radius 1 is 1.27 bits per heavy atom. The zero-order chi connectivity index (χ0) is 18.1. The Bertz CT molecular complexity index is 712. The van der Waals surface area contributed by atoms with Crippen LogP contribution in [0.1, 0.15) is 36.8 Å². The van der Waals surface area contributed by atoms with Crippen LogP contribution in [0.25, 0.3) is 0 Å². The highest BCUT2D eigenvalue weighted by molar-refractivity contribution is 6.00. The zero-order valence-corrected chi connectivity index (χ0v) is 15.0. The SMILES string of the molecule is O=C(NC1(CO)CCOCC1)C1CC(=O)N(c2ccc3c(c2)CCC3)C1. The summed E-state index contributed by atoms with van der Waals surface area (Å²) in [5.41, 5.74) is 2.98. The van der Waals surface area contributed by atoms with Crippen LogP contribution in [0, 0.1) is 5.92 Å². The van der Waals surface area contributed by atoms with Gasteiger partial charge in [0.15, 0.2) is 0 Å². The molecule has 2 fully saturated rings. The predicted molar refractivity (Wildman–Crippen MR) is 96.9 cm³/mol. The Morgan fingerprint density at radius 2 is 2.04 bits per heavy atom. The maximum atomic E-state index is 12.7. The third-order valence-corrected chi connectivity index (χ3v) is 6.03. The molecule has 0 saturated carbocycles. The van der Waals surface area contributed by atoms with Gasteiger partial charge in [-0.1, -0.05) is 6.07 Å². The minimum absolute atomic E-state index is 0.00637. The molecule has 0 bridgehead atoms. The van der Waals surface area contributed by atoms with Gasteiger partial charge in [0.2, 0.25) is 11.8 Å². The van der Waals surface area contributed by atoms with Crippen LogP contribution in [0.2, 0.25) is 0 Å². The van der Waals surface area contributed by atoms with Gasteiger partial charge in [0, 0.05) is 31.9 Å². The van der Waals surface area contributed by atoms with Crippen LogP contribution < -0.4 is 10.2 Å². The molecular weight excluding hydrogens is 332 g/mol. The van der Waals surface area contributed by atoms with Gasteiger partial charge in [0.1, 0.15) is 0 Å². The molecule has 6 heteroatoms. The summed E-state index contributed by atoms with van der Waals surface area (Å²) >= 11 is 0. The highest BCUT2D eigenvalue weighted by atomic mass is 16.5. The van der Waals surface area contributed by atoms with E-state index in [1.54, 1.807) is 4.90 Å². The van der Waals surface area contributed by atoms with Gasteiger partial charge in [-0.3, -0.25) is 9.59 Å². The highest BCUT2D eigenvalue weighted by Crippen LogP contribution is 2.31. The standard InChI is InChI=1S/C20H26N2O4/c23-13-20(6-8-26-9-7-20)21-19(25)16-11-18(24)22(12-16)17-5-4-14-2-1-3-15(14)10-17/h4-5,10,16,23H,1-3,6-9,11-13H2,(H,21,25). The number of ether oxygens (including phenoxy) is 1. The number of nitrogens with one attached hydrogen (secondary N) is 1. The van der Waals surface area contributed by atoms with Gasteiger partial charge in [-0.25, -0.2) is 0 Å². The lowest BCUT2D eigenvalue weighted by Crippen LogP contribution is -2.56. The minimum atomic E-state index is -0.612. The summed E-state index contributed by atoms with van der Waals surface area (Å²) in [5.74, 6) is -0.520. The van der Waals surface area contributed by atoms with Crippen molar-refractivity contribution in [3.05, 3.63) is 29.3 Å². The van der Waals surface area contributed by atoms with E-state index in [4.69, 9.17) is 4.74 Å². The fourth-order valence-electron chi connectivity index (χ4n) is 4.31. The Morgan fingerprint density at radius 3 is 2.81 bits per heavy atom. The number of hydrogen-bond acceptors (Lipinski definition) is 4. The third kappa shape index (κ3) is 3.23. The maximum Gasteiger partial charge on any atom is 0.227 e. The van der Waals surface area contributed by atoms with Crippen LogP contribution in [-0.2, 0) is 27.2 Å². The number of aliphatic hydroxyl groups is 1. The molecule has 1 aliphatic carbocycles. The van der Waals surface area contributed by atoms with Gasteiger partial charge >= 0.3 is 0 Å². The molecule has 1 unspecified atom stereocenters. The van der Waals surface area contributed by atoms with Crippen molar-refractivity contribution in [1.29, 1.82) is 0 Å². The average molecular weight is 358 g/mol. The molecule has 0 radical (unpaired) electrons. The van der Waals surface area contributed by atoms with Crippen LogP contribution in [0.15, 0.2) is 18.2 Å². The van der Waals surface area contributed by atoms with E-state index in [9.17, 15) is 14.7 Å². The van der Waals surface area contributed by atoms with E-state index in [0.29, 0.717) is 32.6 Å². The van der Waals surface area contributed by atoms with E-state index in [0.717, 1.165) is 18.5 Å². The molecule has 3 aliphatic rings. The number of carbonyl (C=O) groups excluding carboxylic acids is 2. The number of aryl methyl sites for hydroxylation is 2. The minimum Gasteiger partial charge on any atom is -0.394 e. The molecule has 4 rings (SSSR count). The van der Waals surface area contributed by atoms with Crippen molar-refractivity contribution < 1.29 is 19.4 Å². The highest BCUT2D eigenvalue weighted by Gasteiger charge is 2.40. The second-order valence-corrected chi connectivity index (χ2v) is 7.75. The number of aliphatic hydroxyl groups excluding tert-OH is 1. The molecule has 0 spiro atoms.